The molecule has 1 aromatic heterocycles. The highest BCUT2D eigenvalue weighted by molar-refractivity contribution is 5.85. The Morgan fingerprint density at radius 2 is 1.88 bits per heavy atom. The Hall–Kier alpha value is -3.15. The number of aliphatic hydroxyl groups is 1. The van der Waals surface area contributed by atoms with Crippen LogP contribution in [-0.2, 0) is 12.2 Å². The van der Waals surface area contributed by atoms with Gasteiger partial charge in [-0.25, -0.2) is 0 Å². The Bertz CT molecular complexity index is 1130. The second-order valence-corrected chi connectivity index (χ2v) is 8.79. The van der Waals surface area contributed by atoms with E-state index in [2.05, 4.69) is 22.0 Å². The van der Waals surface area contributed by atoms with Crippen molar-refractivity contribution in [1.82, 2.24) is 9.88 Å². The van der Waals surface area contributed by atoms with Crippen molar-refractivity contribution < 1.29 is 14.6 Å². The molecule has 2 aliphatic heterocycles. The molecule has 0 unspecified atom stereocenters. The molecule has 5 nitrogen and oxygen atoms in total. The fourth-order valence-electron chi connectivity index (χ4n) is 4.86. The number of fused-ring (bicyclic) bond motifs is 2. The van der Waals surface area contributed by atoms with E-state index < -0.39 is 5.60 Å². The first kappa shape index (κ1) is 21.7. The number of aromatic nitrogens is 1. The summed E-state index contributed by atoms with van der Waals surface area (Å²) in [6.45, 7) is 3.18. The molecule has 0 bridgehead atoms. The predicted molar refractivity (Wildman–Crippen MR) is 129 cm³/mol. The van der Waals surface area contributed by atoms with Crippen LogP contribution in [0, 0.1) is 0 Å². The lowest BCUT2D eigenvalue weighted by atomic mass is 9.84. The highest BCUT2D eigenvalue weighted by atomic mass is 16.5. The number of hydrogen-bond acceptors (Lipinski definition) is 5. The SMILES string of the molecule is COc1ccc2c(c1)C(=CCCN1CCC(O)(c3ccccc3)CC1)c1cccnc1CO2. The number of ether oxygens (including phenoxy) is 2. The van der Waals surface area contributed by atoms with Crippen molar-refractivity contribution in [2.24, 2.45) is 0 Å². The van der Waals surface area contributed by atoms with E-state index >= 15 is 0 Å². The molecule has 0 radical (unpaired) electrons. The van der Waals surface area contributed by atoms with Crippen LogP contribution in [0.2, 0.25) is 0 Å². The van der Waals surface area contributed by atoms with Crippen molar-refractivity contribution in [2.75, 3.05) is 26.7 Å². The van der Waals surface area contributed by atoms with Crippen LogP contribution >= 0.6 is 0 Å². The molecule has 0 saturated carbocycles. The van der Waals surface area contributed by atoms with E-state index in [4.69, 9.17) is 9.47 Å². The van der Waals surface area contributed by atoms with Crippen molar-refractivity contribution in [3.8, 4) is 11.5 Å². The van der Waals surface area contributed by atoms with Crippen LogP contribution in [0.5, 0.6) is 11.5 Å². The van der Waals surface area contributed by atoms with Crippen molar-refractivity contribution in [3.63, 3.8) is 0 Å². The number of hydrogen-bond donors (Lipinski definition) is 1. The maximum Gasteiger partial charge on any atom is 0.131 e. The molecular formula is C28H30N2O3. The highest BCUT2D eigenvalue weighted by Gasteiger charge is 2.33. The average molecular weight is 443 g/mol. The van der Waals surface area contributed by atoms with Gasteiger partial charge in [0.2, 0.25) is 0 Å². The second-order valence-electron chi connectivity index (χ2n) is 8.79. The first-order valence-electron chi connectivity index (χ1n) is 11.6. The first-order valence-corrected chi connectivity index (χ1v) is 11.6. The van der Waals surface area contributed by atoms with Crippen LogP contribution in [0.15, 0.2) is 72.9 Å². The molecule has 2 aliphatic rings. The zero-order chi connectivity index (χ0) is 22.7. The second kappa shape index (κ2) is 9.38. The summed E-state index contributed by atoms with van der Waals surface area (Å²) in [5, 5.41) is 11.1. The molecule has 3 aromatic rings. The van der Waals surface area contributed by atoms with Crippen LogP contribution < -0.4 is 9.47 Å². The van der Waals surface area contributed by atoms with E-state index in [1.165, 1.54) is 0 Å². The number of rotatable bonds is 5. The fourth-order valence-corrected chi connectivity index (χ4v) is 4.86. The standard InChI is InChI=1S/C28H30N2O3/c1-32-22-11-12-27-25(19-22)23(24-9-5-15-29-26(24)20-33-27)10-6-16-30-17-13-28(31,14-18-30)21-7-3-2-4-8-21/h2-5,7-12,15,19,31H,6,13-14,16-18,20H2,1H3. The van der Waals surface area contributed by atoms with Gasteiger partial charge >= 0.3 is 0 Å². The van der Waals surface area contributed by atoms with Crippen LogP contribution in [0.4, 0.5) is 0 Å². The third-order valence-corrected chi connectivity index (χ3v) is 6.81. The number of methoxy groups -OCH3 is 1. The van der Waals surface area contributed by atoms with Crippen molar-refractivity contribution in [2.45, 2.75) is 31.5 Å². The third-order valence-electron chi connectivity index (χ3n) is 6.81. The van der Waals surface area contributed by atoms with Gasteiger partial charge in [0.25, 0.3) is 0 Å². The summed E-state index contributed by atoms with van der Waals surface area (Å²) in [5.41, 5.74) is 4.56. The van der Waals surface area contributed by atoms with E-state index in [1.807, 2.05) is 60.8 Å². The number of pyridine rings is 1. The predicted octanol–water partition coefficient (Wildman–Crippen LogP) is 4.79. The van der Waals surface area contributed by atoms with Crippen LogP contribution in [0.25, 0.3) is 5.57 Å². The van der Waals surface area contributed by atoms with Gasteiger partial charge in [-0.1, -0.05) is 42.5 Å². The van der Waals surface area contributed by atoms with Crippen LogP contribution in [0.1, 0.15) is 41.6 Å². The molecular weight excluding hydrogens is 412 g/mol. The molecule has 170 valence electrons. The lowest BCUT2D eigenvalue weighted by Gasteiger charge is -2.38. The summed E-state index contributed by atoms with van der Waals surface area (Å²) in [6.07, 6.45) is 6.54. The minimum absolute atomic E-state index is 0.455. The van der Waals surface area contributed by atoms with Gasteiger partial charge in [-0.2, -0.15) is 0 Å². The van der Waals surface area contributed by atoms with E-state index in [9.17, 15) is 5.11 Å². The Balaban J connectivity index is 1.33. The van der Waals surface area contributed by atoms with E-state index in [1.54, 1.807) is 7.11 Å². The molecule has 0 amide bonds. The topological polar surface area (TPSA) is 54.8 Å². The Morgan fingerprint density at radius 1 is 1.06 bits per heavy atom. The molecule has 5 rings (SSSR count). The third kappa shape index (κ3) is 4.52. The van der Waals surface area contributed by atoms with E-state index in [0.29, 0.717) is 6.61 Å². The molecule has 1 N–H and O–H groups in total. The molecule has 5 heteroatoms. The fraction of sp³-hybridized carbons (Fsp3) is 0.321. The van der Waals surface area contributed by atoms with Crippen molar-refractivity contribution in [3.05, 3.63) is 95.3 Å². The van der Waals surface area contributed by atoms with Crippen LogP contribution in [-0.4, -0.2) is 41.7 Å². The summed E-state index contributed by atoms with van der Waals surface area (Å²) in [5.74, 6) is 1.66. The van der Waals surface area contributed by atoms with Crippen molar-refractivity contribution >= 4 is 5.57 Å². The maximum atomic E-state index is 11.1. The summed E-state index contributed by atoms with van der Waals surface area (Å²) >= 11 is 0. The maximum absolute atomic E-state index is 11.1. The monoisotopic (exact) mass is 442 g/mol. The Kier molecular flexibility index (Phi) is 6.16. The first-order chi connectivity index (χ1) is 16.2. The molecule has 1 fully saturated rings. The molecule has 1 saturated heterocycles. The van der Waals surface area contributed by atoms with Gasteiger partial charge in [-0.05, 0) is 54.7 Å². The Morgan fingerprint density at radius 3 is 2.67 bits per heavy atom. The van der Waals surface area contributed by atoms with Gasteiger partial charge in [-0.15, -0.1) is 0 Å². The highest BCUT2D eigenvalue weighted by Crippen LogP contribution is 2.38. The van der Waals surface area contributed by atoms with Gasteiger partial charge < -0.3 is 19.5 Å². The molecule has 0 atom stereocenters. The normalized spacial score (nSPS) is 18.7. The number of likely N-dealkylation sites (tertiary alicyclic amines) is 1. The van der Waals surface area contributed by atoms with E-state index in [-0.39, 0.29) is 0 Å². The summed E-state index contributed by atoms with van der Waals surface area (Å²) in [7, 11) is 1.69. The molecule has 0 spiro atoms. The number of nitrogens with zero attached hydrogens (tertiary/aromatic N) is 2. The average Bonchev–Trinajstić information content (AvgIpc) is 3.02. The number of benzene rings is 2. The molecule has 0 aliphatic carbocycles. The van der Waals surface area contributed by atoms with Gasteiger partial charge in [0.15, 0.2) is 0 Å². The Labute approximate surface area is 195 Å². The minimum Gasteiger partial charge on any atom is -0.497 e. The van der Waals surface area contributed by atoms with Gasteiger partial charge in [0.05, 0.1) is 18.4 Å². The molecule has 3 heterocycles. The lowest BCUT2D eigenvalue weighted by molar-refractivity contribution is -0.0254. The summed E-state index contributed by atoms with van der Waals surface area (Å²) in [6, 6.07) is 20.1. The van der Waals surface area contributed by atoms with Crippen LogP contribution in [0.3, 0.4) is 0 Å². The molecule has 2 aromatic carbocycles. The minimum atomic E-state index is -0.713. The van der Waals surface area contributed by atoms with E-state index in [0.717, 1.165) is 78.4 Å². The quantitative estimate of drug-likeness (QED) is 0.616. The lowest BCUT2D eigenvalue weighted by Crippen LogP contribution is -2.42. The van der Waals surface area contributed by atoms with Gasteiger partial charge in [-0.3, -0.25) is 4.98 Å². The van der Waals surface area contributed by atoms with Gasteiger partial charge in [0.1, 0.15) is 18.1 Å². The zero-order valence-corrected chi connectivity index (χ0v) is 19.0. The van der Waals surface area contributed by atoms with Crippen molar-refractivity contribution in [1.29, 1.82) is 0 Å². The largest absolute Gasteiger partial charge is 0.497 e. The number of piperidine rings is 1. The van der Waals surface area contributed by atoms with Gasteiger partial charge in [0, 0.05) is 37.0 Å². The zero-order valence-electron chi connectivity index (χ0n) is 19.0. The smallest absolute Gasteiger partial charge is 0.131 e. The molecule has 33 heavy (non-hydrogen) atoms. The summed E-state index contributed by atoms with van der Waals surface area (Å²) < 4.78 is 11.6. The summed E-state index contributed by atoms with van der Waals surface area (Å²) in [4.78, 5) is 7.01.